The Kier molecular flexibility index (Phi) is 5.27. The third-order valence-corrected chi connectivity index (χ3v) is 4.13. The zero-order valence-corrected chi connectivity index (χ0v) is 13.3. The van der Waals surface area contributed by atoms with Crippen LogP contribution in [0.15, 0.2) is 45.7 Å². The number of aryl methyl sites for hydroxylation is 1. The number of primary amides is 1. The smallest absolute Gasteiger partial charge is 0.252 e. The molecule has 0 aliphatic carbocycles. The largest absolute Gasteiger partial charge is 0.464 e. The summed E-state index contributed by atoms with van der Waals surface area (Å²) < 4.78 is 5.51. The van der Waals surface area contributed by atoms with Crippen molar-refractivity contribution in [3.05, 3.63) is 53.5 Å². The van der Waals surface area contributed by atoms with Gasteiger partial charge in [0.15, 0.2) is 0 Å². The van der Waals surface area contributed by atoms with Crippen LogP contribution in [0.3, 0.4) is 0 Å². The maximum Gasteiger partial charge on any atom is 0.252 e. The number of nitrogens with two attached hydrogens (primary N) is 1. The minimum Gasteiger partial charge on any atom is -0.464 e. The van der Waals surface area contributed by atoms with Gasteiger partial charge in [-0.2, -0.15) is 0 Å². The fourth-order valence-corrected chi connectivity index (χ4v) is 2.75. The van der Waals surface area contributed by atoms with Gasteiger partial charge >= 0.3 is 0 Å². The van der Waals surface area contributed by atoms with E-state index in [1.807, 2.05) is 32.0 Å². The first-order chi connectivity index (χ1) is 10.5. The van der Waals surface area contributed by atoms with E-state index in [1.54, 1.807) is 18.2 Å². The lowest BCUT2D eigenvalue weighted by Crippen LogP contribution is -2.27. The van der Waals surface area contributed by atoms with E-state index in [-0.39, 0.29) is 17.7 Å². The third kappa shape index (κ3) is 4.14. The van der Waals surface area contributed by atoms with Crippen molar-refractivity contribution in [1.82, 2.24) is 5.32 Å². The number of benzene rings is 1. The number of amides is 2. The van der Waals surface area contributed by atoms with Crippen molar-refractivity contribution in [2.45, 2.75) is 24.8 Å². The Morgan fingerprint density at radius 3 is 2.64 bits per heavy atom. The van der Waals surface area contributed by atoms with E-state index in [9.17, 15) is 9.59 Å². The van der Waals surface area contributed by atoms with Gasteiger partial charge in [-0.3, -0.25) is 9.59 Å². The molecule has 2 aromatic rings. The van der Waals surface area contributed by atoms with E-state index in [1.165, 1.54) is 11.8 Å². The molecule has 0 aliphatic rings. The first-order valence-electron chi connectivity index (χ1n) is 6.84. The third-order valence-electron chi connectivity index (χ3n) is 3.04. The summed E-state index contributed by atoms with van der Waals surface area (Å²) in [4.78, 5) is 24.0. The van der Waals surface area contributed by atoms with Crippen LogP contribution in [0.1, 0.15) is 34.8 Å². The molecule has 1 atom stereocenters. The van der Waals surface area contributed by atoms with E-state index in [4.69, 9.17) is 10.2 Å². The van der Waals surface area contributed by atoms with Gasteiger partial charge in [0.1, 0.15) is 11.5 Å². The van der Waals surface area contributed by atoms with Crippen LogP contribution in [-0.4, -0.2) is 17.6 Å². The Morgan fingerprint density at radius 2 is 2.00 bits per heavy atom. The maximum atomic E-state index is 12.4. The highest BCUT2D eigenvalue weighted by Gasteiger charge is 2.17. The van der Waals surface area contributed by atoms with E-state index in [0.717, 1.165) is 10.7 Å². The summed E-state index contributed by atoms with van der Waals surface area (Å²) in [7, 11) is 0. The van der Waals surface area contributed by atoms with Crippen LogP contribution in [0, 0.1) is 6.92 Å². The van der Waals surface area contributed by atoms with Gasteiger partial charge in [-0.05, 0) is 38.1 Å². The molecule has 5 nitrogen and oxygen atoms in total. The molecular weight excluding hydrogens is 300 g/mol. The fourth-order valence-electron chi connectivity index (χ4n) is 1.96. The van der Waals surface area contributed by atoms with Crippen molar-refractivity contribution in [3.63, 3.8) is 0 Å². The number of hydrogen-bond donors (Lipinski definition) is 2. The highest BCUT2D eigenvalue weighted by molar-refractivity contribution is 8.00. The standard InChI is InChI=1S/C16H18N2O3S/c1-10-7-8-13(21-10)11(2)18-16(20)12-5-3-4-6-14(12)22-9-15(17)19/h3-8,11H,9H2,1-2H3,(H2,17,19)(H,18,20). The van der Waals surface area contributed by atoms with Gasteiger partial charge in [-0.25, -0.2) is 0 Å². The number of carbonyl (C=O) groups is 2. The molecule has 0 spiro atoms. The van der Waals surface area contributed by atoms with Gasteiger partial charge in [-0.1, -0.05) is 12.1 Å². The van der Waals surface area contributed by atoms with E-state index in [0.29, 0.717) is 11.3 Å². The minimum atomic E-state index is -0.417. The zero-order chi connectivity index (χ0) is 16.1. The molecule has 3 N–H and O–H groups in total. The average Bonchev–Trinajstić information content (AvgIpc) is 2.92. The number of furan rings is 1. The topological polar surface area (TPSA) is 85.3 Å². The van der Waals surface area contributed by atoms with E-state index >= 15 is 0 Å². The van der Waals surface area contributed by atoms with Crippen LogP contribution in [-0.2, 0) is 4.79 Å². The molecule has 6 heteroatoms. The van der Waals surface area contributed by atoms with Gasteiger partial charge in [0.2, 0.25) is 5.91 Å². The molecule has 2 amide bonds. The molecule has 116 valence electrons. The molecule has 1 unspecified atom stereocenters. The second-order valence-corrected chi connectivity index (χ2v) is 5.91. The molecule has 0 fully saturated rings. The van der Waals surface area contributed by atoms with E-state index < -0.39 is 5.91 Å². The molecule has 0 bridgehead atoms. The lowest BCUT2D eigenvalue weighted by atomic mass is 10.2. The summed E-state index contributed by atoms with van der Waals surface area (Å²) in [6.45, 7) is 3.71. The van der Waals surface area contributed by atoms with Crippen molar-refractivity contribution < 1.29 is 14.0 Å². The molecule has 0 aliphatic heterocycles. The Balaban J connectivity index is 2.10. The molecule has 2 rings (SSSR count). The van der Waals surface area contributed by atoms with Crippen LogP contribution in [0.4, 0.5) is 0 Å². The summed E-state index contributed by atoms with van der Waals surface area (Å²) in [5.74, 6) is 1.01. The van der Waals surface area contributed by atoms with Crippen molar-refractivity contribution in [3.8, 4) is 0 Å². The highest BCUT2D eigenvalue weighted by atomic mass is 32.2. The predicted molar refractivity (Wildman–Crippen MR) is 85.7 cm³/mol. The summed E-state index contributed by atoms with van der Waals surface area (Å²) in [6.07, 6.45) is 0. The fraction of sp³-hybridized carbons (Fsp3) is 0.250. The number of rotatable bonds is 6. The minimum absolute atomic E-state index is 0.136. The van der Waals surface area contributed by atoms with Gasteiger partial charge in [0.05, 0.1) is 17.4 Å². The van der Waals surface area contributed by atoms with Gasteiger partial charge in [0, 0.05) is 4.90 Å². The summed E-state index contributed by atoms with van der Waals surface area (Å²) in [6, 6.07) is 10.6. The summed E-state index contributed by atoms with van der Waals surface area (Å²) in [5.41, 5.74) is 5.67. The Bertz CT molecular complexity index is 682. The monoisotopic (exact) mass is 318 g/mol. The second kappa shape index (κ2) is 7.17. The number of nitrogens with one attached hydrogen (secondary N) is 1. The van der Waals surface area contributed by atoms with Crippen LogP contribution < -0.4 is 11.1 Å². The lowest BCUT2D eigenvalue weighted by Gasteiger charge is -2.13. The van der Waals surface area contributed by atoms with Gasteiger partial charge in [0.25, 0.3) is 5.91 Å². The van der Waals surface area contributed by atoms with Crippen LogP contribution >= 0.6 is 11.8 Å². The molecular formula is C16H18N2O3S. The first-order valence-corrected chi connectivity index (χ1v) is 7.83. The molecule has 22 heavy (non-hydrogen) atoms. The molecule has 1 aromatic heterocycles. The summed E-state index contributed by atoms with van der Waals surface area (Å²) in [5, 5.41) is 2.89. The van der Waals surface area contributed by atoms with Crippen molar-refractivity contribution in [2.24, 2.45) is 5.73 Å². The summed E-state index contributed by atoms with van der Waals surface area (Å²) >= 11 is 1.25. The maximum absolute atomic E-state index is 12.4. The molecule has 1 heterocycles. The zero-order valence-electron chi connectivity index (χ0n) is 12.5. The highest BCUT2D eigenvalue weighted by Crippen LogP contribution is 2.23. The molecule has 1 aromatic carbocycles. The average molecular weight is 318 g/mol. The van der Waals surface area contributed by atoms with Crippen molar-refractivity contribution >= 4 is 23.6 Å². The Morgan fingerprint density at radius 1 is 1.27 bits per heavy atom. The van der Waals surface area contributed by atoms with Gasteiger partial charge in [-0.15, -0.1) is 11.8 Å². The Hall–Kier alpha value is -2.21. The Labute approximate surface area is 133 Å². The van der Waals surface area contributed by atoms with Crippen LogP contribution in [0.25, 0.3) is 0 Å². The second-order valence-electron chi connectivity index (χ2n) is 4.89. The predicted octanol–water partition coefficient (Wildman–Crippen LogP) is 2.66. The van der Waals surface area contributed by atoms with Crippen molar-refractivity contribution in [1.29, 1.82) is 0 Å². The normalized spacial score (nSPS) is 11.9. The molecule has 0 saturated heterocycles. The van der Waals surface area contributed by atoms with E-state index in [2.05, 4.69) is 5.32 Å². The number of thioether (sulfide) groups is 1. The quantitative estimate of drug-likeness (QED) is 0.802. The van der Waals surface area contributed by atoms with Crippen LogP contribution in [0.2, 0.25) is 0 Å². The van der Waals surface area contributed by atoms with Crippen LogP contribution in [0.5, 0.6) is 0 Å². The van der Waals surface area contributed by atoms with Gasteiger partial charge < -0.3 is 15.5 Å². The molecule has 0 radical (unpaired) electrons. The number of carbonyl (C=O) groups excluding carboxylic acids is 2. The SMILES string of the molecule is Cc1ccc(C(C)NC(=O)c2ccccc2SCC(N)=O)o1. The van der Waals surface area contributed by atoms with Crippen molar-refractivity contribution in [2.75, 3.05) is 5.75 Å². The molecule has 0 saturated carbocycles. The lowest BCUT2D eigenvalue weighted by molar-refractivity contribution is -0.115. The first kappa shape index (κ1) is 16.2. The number of hydrogen-bond acceptors (Lipinski definition) is 4.